The predicted molar refractivity (Wildman–Crippen MR) is 88.2 cm³/mol. The molecule has 0 spiro atoms. The third kappa shape index (κ3) is 3.30. The number of hydrogen-bond acceptors (Lipinski definition) is 5. The highest BCUT2D eigenvalue weighted by atomic mass is 19.1. The number of hydrogen-bond donors (Lipinski definition) is 0. The van der Waals surface area contributed by atoms with Crippen molar-refractivity contribution in [2.75, 3.05) is 11.4 Å². The lowest BCUT2D eigenvalue weighted by Gasteiger charge is -2.20. The van der Waals surface area contributed by atoms with E-state index < -0.39 is 17.5 Å². The summed E-state index contributed by atoms with van der Waals surface area (Å²) in [4.78, 5) is 30.6. The lowest BCUT2D eigenvalue weighted by molar-refractivity contribution is 0.243. The zero-order valence-corrected chi connectivity index (χ0v) is 13.4. The van der Waals surface area contributed by atoms with E-state index in [0.717, 1.165) is 10.7 Å². The van der Waals surface area contributed by atoms with Gasteiger partial charge in [0.15, 0.2) is 0 Å². The first-order valence-electron chi connectivity index (χ1n) is 7.64. The topological polar surface area (TPSA) is 85.9 Å². The van der Waals surface area contributed by atoms with E-state index in [0.29, 0.717) is 23.3 Å². The quantitative estimate of drug-likeness (QED) is 0.676. The van der Waals surface area contributed by atoms with E-state index in [2.05, 4.69) is 15.4 Å². The van der Waals surface area contributed by atoms with Crippen molar-refractivity contribution < 1.29 is 9.18 Å². The number of tetrazole rings is 1. The molecule has 0 atom stereocenters. The molecule has 2 aromatic heterocycles. The van der Waals surface area contributed by atoms with Crippen LogP contribution in [0.2, 0.25) is 0 Å². The number of carbonyl (C=O) groups excluding carboxylic acids is 1. The molecule has 1 aromatic carbocycles. The van der Waals surface area contributed by atoms with Gasteiger partial charge >= 0.3 is 11.7 Å². The molecule has 0 fully saturated rings. The number of benzene rings is 1. The van der Waals surface area contributed by atoms with Crippen LogP contribution >= 0.6 is 0 Å². The zero-order chi connectivity index (χ0) is 17.8. The molecule has 2 heterocycles. The molecule has 0 bridgehead atoms. The highest BCUT2D eigenvalue weighted by Crippen LogP contribution is 2.13. The van der Waals surface area contributed by atoms with Gasteiger partial charge < -0.3 is 0 Å². The maximum absolute atomic E-state index is 13.3. The Morgan fingerprint density at radius 3 is 2.64 bits per heavy atom. The van der Waals surface area contributed by atoms with Crippen LogP contribution in [0.25, 0.3) is 5.69 Å². The molecule has 0 aliphatic rings. The SMILES string of the molecule is CCCN(C(=O)n1nnn(-c2cccc(F)c2)c1=O)c1ccncc1. The van der Waals surface area contributed by atoms with Gasteiger partial charge in [-0.15, -0.1) is 4.68 Å². The van der Waals surface area contributed by atoms with Crippen molar-refractivity contribution in [2.24, 2.45) is 0 Å². The summed E-state index contributed by atoms with van der Waals surface area (Å²) >= 11 is 0. The zero-order valence-electron chi connectivity index (χ0n) is 13.4. The number of rotatable bonds is 4. The Balaban J connectivity index is 1.98. The molecule has 0 saturated heterocycles. The summed E-state index contributed by atoms with van der Waals surface area (Å²) in [6, 6.07) is 8.01. The van der Waals surface area contributed by atoms with Crippen LogP contribution in [0.15, 0.2) is 53.6 Å². The number of anilines is 1. The number of amides is 1. The number of halogens is 1. The van der Waals surface area contributed by atoms with Crippen molar-refractivity contribution in [3.05, 3.63) is 65.1 Å². The van der Waals surface area contributed by atoms with Gasteiger partial charge in [0.25, 0.3) is 0 Å². The van der Waals surface area contributed by atoms with Gasteiger partial charge in [0, 0.05) is 24.6 Å². The van der Waals surface area contributed by atoms with Crippen molar-refractivity contribution in [1.29, 1.82) is 0 Å². The number of nitrogens with zero attached hydrogens (tertiary/aromatic N) is 6. The summed E-state index contributed by atoms with van der Waals surface area (Å²) in [5.74, 6) is -0.519. The van der Waals surface area contributed by atoms with Crippen LogP contribution in [0.4, 0.5) is 14.9 Å². The van der Waals surface area contributed by atoms with Gasteiger partial charge in [-0.05, 0) is 47.2 Å². The third-order valence-electron chi connectivity index (χ3n) is 3.47. The Morgan fingerprint density at radius 1 is 1.20 bits per heavy atom. The van der Waals surface area contributed by atoms with Crippen LogP contribution in [0.3, 0.4) is 0 Å². The first kappa shape index (κ1) is 16.5. The largest absolute Gasteiger partial charge is 0.377 e. The van der Waals surface area contributed by atoms with E-state index >= 15 is 0 Å². The van der Waals surface area contributed by atoms with E-state index in [9.17, 15) is 14.0 Å². The highest BCUT2D eigenvalue weighted by Gasteiger charge is 2.22. The second kappa shape index (κ2) is 7.04. The summed E-state index contributed by atoms with van der Waals surface area (Å²) in [5, 5.41) is 7.31. The van der Waals surface area contributed by atoms with Crippen LogP contribution < -0.4 is 10.6 Å². The Labute approximate surface area is 142 Å². The fraction of sp³-hybridized carbons (Fsp3) is 0.188. The number of pyridine rings is 1. The Hall–Kier alpha value is -3.36. The highest BCUT2D eigenvalue weighted by molar-refractivity contribution is 5.92. The summed E-state index contributed by atoms with van der Waals surface area (Å²) in [6.45, 7) is 2.30. The minimum Gasteiger partial charge on any atom is -0.292 e. The standard InChI is InChI=1S/C16H15FN6O2/c1-2-10-21(13-6-8-18-9-7-13)15(24)23-16(25)22(19-20-23)14-5-3-4-12(17)11-14/h3-9,11H,2,10H2,1H3. The average molecular weight is 342 g/mol. The van der Waals surface area contributed by atoms with E-state index in [1.807, 2.05) is 6.92 Å². The normalized spacial score (nSPS) is 10.6. The van der Waals surface area contributed by atoms with E-state index in [1.165, 1.54) is 23.1 Å². The molecular weight excluding hydrogens is 327 g/mol. The molecule has 8 nitrogen and oxygen atoms in total. The molecule has 0 saturated carbocycles. The first-order chi connectivity index (χ1) is 12.1. The molecule has 0 aliphatic heterocycles. The van der Waals surface area contributed by atoms with Crippen molar-refractivity contribution in [3.63, 3.8) is 0 Å². The van der Waals surface area contributed by atoms with Crippen molar-refractivity contribution in [1.82, 2.24) is 24.8 Å². The molecule has 1 amide bonds. The lowest BCUT2D eigenvalue weighted by atomic mass is 10.3. The summed E-state index contributed by atoms with van der Waals surface area (Å²) in [7, 11) is 0. The molecule has 0 unspecified atom stereocenters. The maximum Gasteiger partial charge on any atom is 0.377 e. The fourth-order valence-electron chi connectivity index (χ4n) is 2.33. The molecule has 128 valence electrons. The smallest absolute Gasteiger partial charge is 0.292 e. The van der Waals surface area contributed by atoms with E-state index in [4.69, 9.17) is 0 Å². The lowest BCUT2D eigenvalue weighted by Crippen LogP contribution is -2.41. The molecule has 25 heavy (non-hydrogen) atoms. The van der Waals surface area contributed by atoms with Gasteiger partial charge in [0.2, 0.25) is 0 Å². The van der Waals surface area contributed by atoms with Crippen LogP contribution in [0.5, 0.6) is 0 Å². The van der Waals surface area contributed by atoms with Crippen molar-refractivity contribution >= 4 is 11.7 Å². The summed E-state index contributed by atoms with van der Waals surface area (Å²) in [5.41, 5.74) is 0.00909. The van der Waals surface area contributed by atoms with Crippen LogP contribution in [0, 0.1) is 5.82 Å². The predicted octanol–water partition coefficient (Wildman–Crippen LogP) is 1.85. The molecule has 9 heteroatoms. The van der Waals surface area contributed by atoms with Gasteiger partial charge in [-0.25, -0.2) is 14.0 Å². The van der Waals surface area contributed by atoms with Gasteiger partial charge in [-0.2, -0.15) is 4.68 Å². The minimum absolute atomic E-state index is 0.190. The first-order valence-corrected chi connectivity index (χ1v) is 7.64. The summed E-state index contributed by atoms with van der Waals surface area (Å²) < 4.78 is 14.9. The number of aromatic nitrogens is 5. The number of carbonyl (C=O) groups is 1. The van der Waals surface area contributed by atoms with Crippen molar-refractivity contribution in [2.45, 2.75) is 13.3 Å². The molecule has 0 N–H and O–H groups in total. The average Bonchev–Trinajstić information content (AvgIpc) is 3.01. The Kier molecular flexibility index (Phi) is 4.64. The van der Waals surface area contributed by atoms with E-state index in [-0.39, 0.29) is 5.69 Å². The third-order valence-corrected chi connectivity index (χ3v) is 3.47. The minimum atomic E-state index is -0.772. The van der Waals surface area contributed by atoms with Gasteiger partial charge in [-0.1, -0.05) is 13.0 Å². The van der Waals surface area contributed by atoms with E-state index in [1.54, 1.807) is 24.5 Å². The fourth-order valence-corrected chi connectivity index (χ4v) is 2.33. The van der Waals surface area contributed by atoms with Crippen molar-refractivity contribution in [3.8, 4) is 5.69 Å². The van der Waals surface area contributed by atoms with Gasteiger partial charge in [0.1, 0.15) is 5.82 Å². The van der Waals surface area contributed by atoms with Gasteiger partial charge in [0.05, 0.1) is 5.69 Å². The van der Waals surface area contributed by atoms with Crippen LogP contribution in [-0.4, -0.2) is 37.4 Å². The second-order valence-corrected chi connectivity index (χ2v) is 5.20. The molecular formula is C16H15FN6O2. The second-order valence-electron chi connectivity index (χ2n) is 5.20. The molecule has 3 aromatic rings. The Morgan fingerprint density at radius 2 is 1.96 bits per heavy atom. The molecule has 0 radical (unpaired) electrons. The molecule has 0 aliphatic carbocycles. The molecule has 3 rings (SSSR count). The monoisotopic (exact) mass is 342 g/mol. The summed E-state index contributed by atoms with van der Waals surface area (Å²) in [6.07, 6.45) is 3.79. The maximum atomic E-state index is 13.3. The van der Waals surface area contributed by atoms with Gasteiger partial charge in [-0.3, -0.25) is 9.88 Å². The Bertz CT molecular complexity index is 937. The van der Waals surface area contributed by atoms with Crippen LogP contribution in [-0.2, 0) is 0 Å². The van der Waals surface area contributed by atoms with Crippen LogP contribution in [0.1, 0.15) is 13.3 Å².